The van der Waals surface area contributed by atoms with Crippen molar-refractivity contribution in [1.29, 1.82) is 0 Å². The maximum atomic E-state index is 12.7. The summed E-state index contributed by atoms with van der Waals surface area (Å²) in [5, 5.41) is 0. The molecule has 2 amide bonds. The van der Waals surface area contributed by atoms with Crippen LogP contribution in [0.25, 0.3) is 0 Å². The normalized spacial score (nSPS) is 20.0. The third-order valence-corrected chi connectivity index (χ3v) is 4.19. The van der Waals surface area contributed by atoms with E-state index in [4.69, 9.17) is 9.47 Å². The molecule has 2 heterocycles. The quantitative estimate of drug-likeness (QED) is 0.846. The molecule has 23 heavy (non-hydrogen) atoms. The SMILES string of the molecule is CC1(C)Oc2ccccc2N(CCC(=O)N2CCOCC2)C1=O. The summed E-state index contributed by atoms with van der Waals surface area (Å²) in [7, 11) is 0. The van der Waals surface area contributed by atoms with E-state index in [0.29, 0.717) is 45.0 Å². The second kappa shape index (κ2) is 6.20. The number of nitrogens with zero attached hydrogens (tertiary/aromatic N) is 2. The highest BCUT2D eigenvalue weighted by Gasteiger charge is 2.40. The maximum Gasteiger partial charge on any atom is 0.270 e. The molecule has 2 aliphatic rings. The van der Waals surface area contributed by atoms with Gasteiger partial charge in [0.2, 0.25) is 5.91 Å². The molecular formula is C17H22N2O4. The van der Waals surface area contributed by atoms with Crippen LogP contribution < -0.4 is 9.64 Å². The van der Waals surface area contributed by atoms with Gasteiger partial charge < -0.3 is 19.3 Å². The monoisotopic (exact) mass is 318 g/mol. The molecule has 0 radical (unpaired) electrons. The van der Waals surface area contributed by atoms with Gasteiger partial charge in [-0.15, -0.1) is 0 Å². The van der Waals surface area contributed by atoms with Gasteiger partial charge in [-0.05, 0) is 26.0 Å². The zero-order valence-electron chi connectivity index (χ0n) is 13.6. The fourth-order valence-electron chi connectivity index (χ4n) is 2.92. The van der Waals surface area contributed by atoms with Crippen LogP contribution in [-0.4, -0.2) is 55.2 Å². The van der Waals surface area contributed by atoms with E-state index in [1.807, 2.05) is 24.3 Å². The van der Waals surface area contributed by atoms with Crippen molar-refractivity contribution in [3.05, 3.63) is 24.3 Å². The molecule has 1 saturated heterocycles. The van der Waals surface area contributed by atoms with Gasteiger partial charge in [0, 0.05) is 26.1 Å². The fourth-order valence-corrected chi connectivity index (χ4v) is 2.92. The van der Waals surface area contributed by atoms with Crippen LogP contribution >= 0.6 is 0 Å². The van der Waals surface area contributed by atoms with Crippen LogP contribution in [-0.2, 0) is 14.3 Å². The van der Waals surface area contributed by atoms with Crippen LogP contribution in [0.3, 0.4) is 0 Å². The average Bonchev–Trinajstić information content (AvgIpc) is 2.55. The molecule has 1 fully saturated rings. The smallest absolute Gasteiger partial charge is 0.270 e. The number of ether oxygens (including phenoxy) is 2. The number of hydrogen-bond donors (Lipinski definition) is 0. The summed E-state index contributed by atoms with van der Waals surface area (Å²) in [6.07, 6.45) is 0.302. The molecule has 0 atom stereocenters. The molecule has 1 aromatic rings. The summed E-state index contributed by atoms with van der Waals surface area (Å²) in [6.45, 7) is 6.27. The second-order valence-corrected chi connectivity index (χ2v) is 6.28. The minimum absolute atomic E-state index is 0.0582. The molecule has 0 aliphatic carbocycles. The van der Waals surface area contributed by atoms with E-state index in [1.54, 1.807) is 23.6 Å². The van der Waals surface area contributed by atoms with E-state index < -0.39 is 5.60 Å². The highest BCUT2D eigenvalue weighted by atomic mass is 16.5. The minimum Gasteiger partial charge on any atom is -0.476 e. The molecule has 0 spiro atoms. The van der Waals surface area contributed by atoms with Crippen molar-refractivity contribution < 1.29 is 19.1 Å². The Morgan fingerprint density at radius 2 is 1.91 bits per heavy atom. The van der Waals surface area contributed by atoms with Gasteiger partial charge >= 0.3 is 0 Å². The van der Waals surface area contributed by atoms with Crippen molar-refractivity contribution in [1.82, 2.24) is 4.90 Å². The summed E-state index contributed by atoms with van der Waals surface area (Å²) in [5.74, 6) is 0.616. The number of hydrogen-bond acceptors (Lipinski definition) is 4. The molecule has 0 aromatic heterocycles. The molecule has 6 nitrogen and oxygen atoms in total. The largest absolute Gasteiger partial charge is 0.476 e. The van der Waals surface area contributed by atoms with Crippen LogP contribution in [0.2, 0.25) is 0 Å². The van der Waals surface area contributed by atoms with Crippen molar-refractivity contribution >= 4 is 17.5 Å². The van der Waals surface area contributed by atoms with Gasteiger partial charge in [0.05, 0.1) is 18.9 Å². The topological polar surface area (TPSA) is 59.1 Å². The van der Waals surface area contributed by atoms with Crippen LogP contribution in [0, 0.1) is 0 Å². The number of anilines is 1. The minimum atomic E-state index is -0.920. The Balaban J connectivity index is 1.73. The Hall–Kier alpha value is -2.08. The first-order chi connectivity index (χ1) is 11.0. The summed E-state index contributed by atoms with van der Waals surface area (Å²) < 4.78 is 11.0. The standard InChI is InChI=1S/C17H22N2O4/c1-17(2)16(21)19(13-5-3-4-6-14(13)23-17)8-7-15(20)18-9-11-22-12-10-18/h3-6H,7-12H2,1-2H3. The second-order valence-electron chi connectivity index (χ2n) is 6.28. The van der Waals surface area contributed by atoms with Gasteiger partial charge in [-0.25, -0.2) is 0 Å². The molecule has 2 aliphatic heterocycles. The first-order valence-electron chi connectivity index (χ1n) is 7.94. The first kappa shape index (κ1) is 15.8. The van der Waals surface area contributed by atoms with Crippen molar-refractivity contribution in [3.63, 3.8) is 0 Å². The Bertz CT molecular complexity index is 608. The zero-order valence-corrected chi connectivity index (χ0v) is 13.6. The van der Waals surface area contributed by atoms with Crippen LogP contribution in [0.4, 0.5) is 5.69 Å². The molecule has 124 valence electrons. The van der Waals surface area contributed by atoms with Gasteiger partial charge in [-0.2, -0.15) is 0 Å². The summed E-state index contributed by atoms with van der Waals surface area (Å²) in [5.41, 5.74) is -0.192. The predicted octanol–water partition coefficient (Wildman–Crippen LogP) is 1.44. The number of para-hydroxylation sites is 2. The molecule has 1 aromatic carbocycles. The summed E-state index contributed by atoms with van der Waals surface area (Å²) in [4.78, 5) is 28.4. The van der Waals surface area contributed by atoms with E-state index in [0.717, 1.165) is 5.69 Å². The lowest BCUT2D eigenvalue weighted by Crippen LogP contribution is -2.53. The van der Waals surface area contributed by atoms with Crippen LogP contribution in [0.15, 0.2) is 24.3 Å². The molecule has 0 bridgehead atoms. The van der Waals surface area contributed by atoms with Gasteiger partial charge in [0.15, 0.2) is 5.60 Å². The average molecular weight is 318 g/mol. The summed E-state index contributed by atoms with van der Waals surface area (Å²) in [6, 6.07) is 7.44. The highest BCUT2D eigenvalue weighted by molar-refractivity contribution is 6.02. The Kier molecular flexibility index (Phi) is 4.26. The van der Waals surface area contributed by atoms with E-state index in [2.05, 4.69) is 0 Å². The van der Waals surface area contributed by atoms with E-state index in [-0.39, 0.29) is 11.8 Å². The third-order valence-electron chi connectivity index (χ3n) is 4.19. The van der Waals surface area contributed by atoms with E-state index in [9.17, 15) is 9.59 Å². The van der Waals surface area contributed by atoms with Crippen LogP contribution in [0.5, 0.6) is 5.75 Å². The molecule has 6 heteroatoms. The number of morpholine rings is 1. The maximum absolute atomic E-state index is 12.7. The van der Waals surface area contributed by atoms with Crippen LogP contribution in [0.1, 0.15) is 20.3 Å². The predicted molar refractivity (Wildman–Crippen MR) is 85.5 cm³/mol. The van der Waals surface area contributed by atoms with Crippen molar-refractivity contribution in [2.45, 2.75) is 25.9 Å². The Morgan fingerprint density at radius 3 is 2.65 bits per heavy atom. The van der Waals surface area contributed by atoms with Gasteiger partial charge in [0.25, 0.3) is 5.91 Å². The number of fused-ring (bicyclic) bond motifs is 1. The third kappa shape index (κ3) is 3.17. The Labute approximate surface area is 136 Å². The number of amides is 2. The molecule has 3 rings (SSSR count). The van der Waals surface area contributed by atoms with Gasteiger partial charge in [-0.1, -0.05) is 12.1 Å². The van der Waals surface area contributed by atoms with Gasteiger partial charge in [0.1, 0.15) is 5.75 Å². The highest BCUT2D eigenvalue weighted by Crippen LogP contribution is 2.37. The number of rotatable bonds is 3. The number of carbonyl (C=O) groups is 2. The number of benzene rings is 1. The lowest BCUT2D eigenvalue weighted by atomic mass is 10.0. The number of carbonyl (C=O) groups excluding carboxylic acids is 2. The van der Waals surface area contributed by atoms with Gasteiger partial charge in [-0.3, -0.25) is 9.59 Å². The van der Waals surface area contributed by atoms with E-state index in [1.165, 1.54) is 0 Å². The van der Waals surface area contributed by atoms with E-state index >= 15 is 0 Å². The lowest BCUT2D eigenvalue weighted by molar-refractivity contribution is -0.135. The van der Waals surface area contributed by atoms with Crippen molar-refractivity contribution in [3.8, 4) is 5.75 Å². The lowest BCUT2D eigenvalue weighted by Gasteiger charge is -2.39. The molecule has 0 saturated carbocycles. The first-order valence-corrected chi connectivity index (χ1v) is 7.94. The van der Waals surface area contributed by atoms with Crippen molar-refractivity contribution in [2.24, 2.45) is 0 Å². The molecule has 0 unspecified atom stereocenters. The summed E-state index contributed by atoms with van der Waals surface area (Å²) >= 11 is 0. The fraction of sp³-hybridized carbons (Fsp3) is 0.529. The molecule has 0 N–H and O–H groups in total. The zero-order chi connectivity index (χ0) is 16.4. The Morgan fingerprint density at radius 1 is 1.22 bits per heavy atom. The molecular weight excluding hydrogens is 296 g/mol. The van der Waals surface area contributed by atoms with Crippen molar-refractivity contribution in [2.75, 3.05) is 37.7 Å².